The van der Waals surface area contributed by atoms with Crippen molar-refractivity contribution in [1.29, 1.82) is 0 Å². The summed E-state index contributed by atoms with van der Waals surface area (Å²) in [6.07, 6.45) is 1.16. The van der Waals surface area contributed by atoms with Gasteiger partial charge in [-0.3, -0.25) is 0 Å². The molecule has 100 valence electrons. The molecule has 3 rings (SSSR count). The normalized spacial score (nSPS) is 21.5. The molecule has 0 bridgehead atoms. The molecule has 0 spiro atoms. The standard InChI is InChI=1S/C14H16FN3O/c1-7-6-9(7)10-4-5-11(19-10)13-17-8(2)12(15)14(16-3)18-13/h4-5,7,9H,6H2,1-3H3,(H,16,17,18). The molecule has 0 radical (unpaired) electrons. The van der Waals surface area contributed by atoms with E-state index in [2.05, 4.69) is 22.2 Å². The minimum Gasteiger partial charge on any atom is -0.457 e. The Bertz CT molecular complexity index is 623. The number of nitrogens with one attached hydrogen (secondary N) is 1. The van der Waals surface area contributed by atoms with E-state index in [4.69, 9.17) is 4.42 Å². The second kappa shape index (κ2) is 4.33. The fourth-order valence-corrected chi connectivity index (χ4v) is 2.23. The molecule has 0 aliphatic heterocycles. The Morgan fingerprint density at radius 3 is 2.74 bits per heavy atom. The molecule has 1 saturated carbocycles. The third-order valence-corrected chi connectivity index (χ3v) is 3.58. The lowest BCUT2D eigenvalue weighted by Crippen LogP contribution is -2.03. The SMILES string of the molecule is CNc1nc(-c2ccc(C3CC3C)o2)nc(C)c1F. The van der Waals surface area contributed by atoms with Crippen molar-refractivity contribution in [3.8, 4) is 11.6 Å². The maximum atomic E-state index is 13.7. The van der Waals surface area contributed by atoms with E-state index in [9.17, 15) is 4.39 Å². The summed E-state index contributed by atoms with van der Waals surface area (Å²) in [5.74, 6) is 2.95. The molecule has 1 N–H and O–H groups in total. The summed E-state index contributed by atoms with van der Waals surface area (Å²) in [5.41, 5.74) is 0.312. The number of nitrogens with zero attached hydrogens (tertiary/aromatic N) is 2. The lowest BCUT2D eigenvalue weighted by atomic mass is 10.3. The van der Waals surface area contributed by atoms with E-state index in [-0.39, 0.29) is 5.82 Å². The smallest absolute Gasteiger partial charge is 0.198 e. The lowest BCUT2D eigenvalue weighted by Gasteiger charge is -2.05. The average molecular weight is 261 g/mol. The number of halogens is 1. The second-order valence-corrected chi connectivity index (χ2v) is 5.07. The number of hydrogen-bond donors (Lipinski definition) is 1. The molecule has 2 atom stereocenters. The predicted molar refractivity (Wildman–Crippen MR) is 70.5 cm³/mol. The first-order valence-corrected chi connectivity index (χ1v) is 6.42. The maximum Gasteiger partial charge on any atom is 0.198 e. The van der Waals surface area contributed by atoms with Crippen molar-refractivity contribution >= 4 is 5.82 Å². The molecule has 2 heterocycles. The van der Waals surface area contributed by atoms with Gasteiger partial charge in [0.05, 0.1) is 5.69 Å². The molecule has 1 aliphatic rings. The fraction of sp³-hybridized carbons (Fsp3) is 0.429. The Balaban J connectivity index is 1.97. The Kier molecular flexibility index (Phi) is 2.77. The van der Waals surface area contributed by atoms with Crippen molar-refractivity contribution in [3.63, 3.8) is 0 Å². The first-order valence-electron chi connectivity index (χ1n) is 6.42. The van der Waals surface area contributed by atoms with E-state index in [1.807, 2.05) is 12.1 Å². The Morgan fingerprint density at radius 2 is 2.11 bits per heavy atom. The van der Waals surface area contributed by atoms with Crippen LogP contribution < -0.4 is 5.32 Å². The molecular formula is C14H16FN3O. The molecule has 4 nitrogen and oxygen atoms in total. The van der Waals surface area contributed by atoms with Crippen LogP contribution in [0.15, 0.2) is 16.5 Å². The van der Waals surface area contributed by atoms with Crippen molar-refractivity contribution in [2.75, 3.05) is 12.4 Å². The van der Waals surface area contributed by atoms with Crippen molar-refractivity contribution in [2.24, 2.45) is 5.92 Å². The van der Waals surface area contributed by atoms with Gasteiger partial charge in [-0.1, -0.05) is 6.92 Å². The van der Waals surface area contributed by atoms with Gasteiger partial charge in [0.2, 0.25) is 0 Å². The van der Waals surface area contributed by atoms with Gasteiger partial charge in [-0.15, -0.1) is 0 Å². The highest BCUT2D eigenvalue weighted by atomic mass is 19.1. The number of aryl methyl sites for hydroxylation is 1. The molecule has 0 amide bonds. The summed E-state index contributed by atoms with van der Waals surface area (Å²) in [6, 6.07) is 3.82. The summed E-state index contributed by atoms with van der Waals surface area (Å²) in [7, 11) is 1.63. The Labute approximate surface area is 111 Å². The van der Waals surface area contributed by atoms with Gasteiger partial charge in [0.1, 0.15) is 5.76 Å². The van der Waals surface area contributed by atoms with Gasteiger partial charge >= 0.3 is 0 Å². The average Bonchev–Trinajstić information content (AvgIpc) is 2.93. The van der Waals surface area contributed by atoms with Crippen LogP contribution in [0, 0.1) is 18.7 Å². The molecule has 0 aromatic carbocycles. The van der Waals surface area contributed by atoms with Crippen molar-refractivity contribution < 1.29 is 8.81 Å². The van der Waals surface area contributed by atoms with E-state index in [1.54, 1.807) is 14.0 Å². The highest BCUT2D eigenvalue weighted by molar-refractivity contribution is 5.52. The predicted octanol–water partition coefficient (Wildman–Crippen LogP) is 3.35. The zero-order valence-electron chi connectivity index (χ0n) is 11.2. The van der Waals surface area contributed by atoms with Crippen LogP contribution in [0.4, 0.5) is 10.2 Å². The number of anilines is 1. The summed E-state index contributed by atoms with van der Waals surface area (Å²) in [5, 5.41) is 2.73. The number of rotatable bonds is 3. The Morgan fingerprint density at radius 1 is 1.37 bits per heavy atom. The van der Waals surface area contributed by atoms with Crippen LogP contribution in [-0.2, 0) is 0 Å². The van der Waals surface area contributed by atoms with E-state index in [0.717, 1.165) is 12.2 Å². The van der Waals surface area contributed by atoms with Crippen LogP contribution in [0.25, 0.3) is 11.6 Å². The summed E-state index contributed by atoms with van der Waals surface area (Å²) >= 11 is 0. The third-order valence-electron chi connectivity index (χ3n) is 3.58. The second-order valence-electron chi connectivity index (χ2n) is 5.07. The minimum absolute atomic E-state index is 0.195. The monoisotopic (exact) mass is 261 g/mol. The third kappa shape index (κ3) is 2.09. The summed E-state index contributed by atoms with van der Waals surface area (Å²) in [6.45, 7) is 3.82. The van der Waals surface area contributed by atoms with E-state index < -0.39 is 5.82 Å². The molecule has 19 heavy (non-hydrogen) atoms. The quantitative estimate of drug-likeness (QED) is 0.920. The van der Waals surface area contributed by atoms with Crippen LogP contribution in [0.1, 0.15) is 30.7 Å². The number of aromatic nitrogens is 2. The molecule has 1 aliphatic carbocycles. The number of furan rings is 1. The molecule has 2 unspecified atom stereocenters. The Hall–Kier alpha value is -1.91. The molecule has 2 aromatic heterocycles. The van der Waals surface area contributed by atoms with Gasteiger partial charge < -0.3 is 9.73 Å². The highest BCUT2D eigenvalue weighted by Gasteiger charge is 2.36. The van der Waals surface area contributed by atoms with E-state index in [0.29, 0.717) is 29.1 Å². The van der Waals surface area contributed by atoms with Crippen LogP contribution >= 0.6 is 0 Å². The van der Waals surface area contributed by atoms with Crippen LogP contribution in [0.2, 0.25) is 0 Å². The molecular weight excluding hydrogens is 245 g/mol. The van der Waals surface area contributed by atoms with Gasteiger partial charge in [0.25, 0.3) is 0 Å². The van der Waals surface area contributed by atoms with Crippen molar-refractivity contribution in [3.05, 3.63) is 29.4 Å². The maximum absolute atomic E-state index is 13.7. The van der Waals surface area contributed by atoms with Crippen LogP contribution in [0.3, 0.4) is 0 Å². The first kappa shape index (κ1) is 12.1. The minimum atomic E-state index is -0.422. The summed E-state index contributed by atoms with van der Waals surface area (Å²) < 4.78 is 19.5. The zero-order chi connectivity index (χ0) is 13.6. The van der Waals surface area contributed by atoms with E-state index >= 15 is 0 Å². The lowest BCUT2D eigenvalue weighted by molar-refractivity contribution is 0.513. The van der Waals surface area contributed by atoms with E-state index in [1.165, 1.54) is 0 Å². The first-order chi connectivity index (χ1) is 9.10. The fourth-order valence-electron chi connectivity index (χ4n) is 2.23. The summed E-state index contributed by atoms with van der Waals surface area (Å²) in [4.78, 5) is 8.29. The van der Waals surface area contributed by atoms with Crippen LogP contribution in [-0.4, -0.2) is 17.0 Å². The molecule has 0 saturated heterocycles. The van der Waals surface area contributed by atoms with Gasteiger partial charge in [0, 0.05) is 13.0 Å². The van der Waals surface area contributed by atoms with Gasteiger partial charge in [0.15, 0.2) is 23.2 Å². The molecule has 2 aromatic rings. The highest BCUT2D eigenvalue weighted by Crippen LogP contribution is 2.47. The van der Waals surface area contributed by atoms with Crippen molar-refractivity contribution in [2.45, 2.75) is 26.2 Å². The topological polar surface area (TPSA) is 51.0 Å². The van der Waals surface area contributed by atoms with Crippen molar-refractivity contribution in [1.82, 2.24) is 9.97 Å². The largest absolute Gasteiger partial charge is 0.457 e. The van der Waals surface area contributed by atoms with Gasteiger partial charge in [-0.25, -0.2) is 14.4 Å². The van der Waals surface area contributed by atoms with Gasteiger partial charge in [-0.05, 0) is 31.4 Å². The number of hydrogen-bond acceptors (Lipinski definition) is 4. The zero-order valence-corrected chi connectivity index (χ0v) is 11.2. The molecule has 1 fully saturated rings. The van der Waals surface area contributed by atoms with Crippen LogP contribution in [0.5, 0.6) is 0 Å². The molecule has 5 heteroatoms. The van der Waals surface area contributed by atoms with Gasteiger partial charge in [-0.2, -0.15) is 0 Å².